The molecule has 7 nitrogen and oxygen atoms in total. The summed E-state index contributed by atoms with van der Waals surface area (Å²) in [6.45, 7) is 7.86. The van der Waals surface area contributed by atoms with E-state index in [1.165, 1.54) is 4.31 Å². The van der Waals surface area contributed by atoms with Crippen molar-refractivity contribution >= 4 is 39.1 Å². The van der Waals surface area contributed by atoms with E-state index in [0.29, 0.717) is 23.7 Å². The summed E-state index contributed by atoms with van der Waals surface area (Å²) >= 11 is 5.92. The van der Waals surface area contributed by atoms with Crippen LogP contribution < -0.4 is 9.62 Å². The lowest BCUT2D eigenvalue weighted by Gasteiger charge is -2.30. The second kappa shape index (κ2) is 12.2. The maximum Gasteiger partial charge on any atom is 0.242 e. The van der Waals surface area contributed by atoms with E-state index < -0.39 is 16.1 Å². The molecule has 0 aliphatic heterocycles. The summed E-state index contributed by atoms with van der Waals surface area (Å²) in [7, 11) is -3.54. The lowest BCUT2D eigenvalue weighted by atomic mass is 10.1. The van der Waals surface area contributed by atoms with E-state index in [9.17, 15) is 18.0 Å². The number of hydrogen-bond donors (Lipinski definition) is 1. The number of benzene rings is 2. The third kappa shape index (κ3) is 8.33. The van der Waals surface area contributed by atoms with Crippen LogP contribution in [0.3, 0.4) is 0 Å². The van der Waals surface area contributed by atoms with Crippen LogP contribution in [0.15, 0.2) is 48.5 Å². The SMILES string of the molecule is Cc1ccc(CN(C(=O)CCCN(c2ccc(Cl)cc2)S(C)(=O)=O)C(C)C(=O)NC(C)C)cc1. The highest BCUT2D eigenvalue weighted by Gasteiger charge is 2.27. The van der Waals surface area contributed by atoms with Gasteiger partial charge in [-0.15, -0.1) is 0 Å². The molecule has 0 aliphatic rings. The van der Waals surface area contributed by atoms with E-state index in [-0.39, 0.29) is 30.8 Å². The summed E-state index contributed by atoms with van der Waals surface area (Å²) in [5.41, 5.74) is 2.51. The molecule has 1 atom stereocenters. The average Bonchev–Trinajstić information content (AvgIpc) is 2.75. The molecule has 0 heterocycles. The van der Waals surface area contributed by atoms with Crippen LogP contribution in [-0.4, -0.2) is 50.0 Å². The first-order valence-electron chi connectivity index (χ1n) is 11.3. The van der Waals surface area contributed by atoms with Crippen LogP contribution >= 0.6 is 11.6 Å². The molecule has 34 heavy (non-hydrogen) atoms. The zero-order chi connectivity index (χ0) is 25.5. The normalized spacial score (nSPS) is 12.3. The molecular formula is C25H34ClN3O4S. The van der Waals surface area contributed by atoms with Crippen LogP contribution in [0, 0.1) is 6.92 Å². The van der Waals surface area contributed by atoms with Gasteiger partial charge in [-0.05, 0) is 63.9 Å². The van der Waals surface area contributed by atoms with E-state index in [2.05, 4.69) is 5.32 Å². The fraction of sp³-hybridized carbons (Fsp3) is 0.440. The first-order valence-corrected chi connectivity index (χ1v) is 13.5. The predicted molar refractivity (Wildman–Crippen MR) is 137 cm³/mol. The van der Waals surface area contributed by atoms with Gasteiger partial charge in [0.2, 0.25) is 21.8 Å². The van der Waals surface area contributed by atoms with Crippen molar-refractivity contribution in [3.63, 3.8) is 0 Å². The highest BCUT2D eigenvalue weighted by Crippen LogP contribution is 2.21. The summed E-state index contributed by atoms with van der Waals surface area (Å²) in [6.07, 6.45) is 1.54. The summed E-state index contributed by atoms with van der Waals surface area (Å²) < 4.78 is 25.9. The Morgan fingerprint density at radius 2 is 1.59 bits per heavy atom. The molecule has 1 unspecified atom stereocenters. The number of nitrogens with one attached hydrogen (secondary N) is 1. The molecule has 0 aliphatic carbocycles. The average molecular weight is 508 g/mol. The molecule has 2 aromatic rings. The minimum atomic E-state index is -3.54. The molecule has 9 heteroatoms. The van der Waals surface area contributed by atoms with Crippen molar-refractivity contribution in [3.05, 3.63) is 64.7 Å². The van der Waals surface area contributed by atoms with Crippen molar-refractivity contribution in [1.29, 1.82) is 0 Å². The molecule has 0 saturated carbocycles. The lowest BCUT2D eigenvalue weighted by Crippen LogP contribution is -2.49. The summed E-state index contributed by atoms with van der Waals surface area (Å²) in [4.78, 5) is 27.4. The molecule has 0 spiro atoms. The molecular weight excluding hydrogens is 474 g/mol. The van der Waals surface area contributed by atoms with Crippen LogP contribution in [0.25, 0.3) is 0 Å². The van der Waals surface area contributed by atoms with E-state index in [0.717, 1.165) is 17.4 Å². The van der Waals surface area contributed by atoms with Crippen molar-refractivity contribution in [2.45, 2.75) is 59.2 Å². The largest absolute Gasteiger partial charge is 0.352 e. The summed E-state index contributed by atoms with van der Waals surface area (Å²) in [5.74, 6) is -0.439. The van der Waals surface area contributed by atoms with Gasteiger partial charge in [0.1, 0.15) is 6.04 Å². The maximum absolute atomic E-state index is 13.2. The van der Waals surface area contributed by atoms with Gasteiger partial charge in [0.15, 0.2) is 0 Å². The van der Waals surface area contributed by atoms with Crippen molar-refractivity contribution in [1.82, 2.24) is 10.2 Å². The van der Waals surface area contributed by atoms with E-state index >= 15 is 0 Å². The molecule has 0 bridgehead atoms. The Kier molecular flexibility index (Phi) is 9.94. The van der Waals surface area contributed by atoms with Crippen molar-refractivity contribution in [2.75, 3.05) is 17.1 Å². The number of nitrogens with zero attached hydrogens (tertiary/aromatic N) is 2. The second-order valence-electron chi connectivity index (χ2n) is 8.76. The Morgan fingerprint density at radius 3 is 2.12 bits per heavy atom. The van der Waals surface area contributed by atoms with Crippen LogP contribution in [0.1, 0.15) is 44.7 Å². The molecule has 186 valence electrons. The number of anilines is 1. The zero-order valence-electron chi connectivity index (χ0n) is 20.4. The van der Waals surface area contributed by atoms with Crippen LogP contribution in [0.4, 0.5) is 5.69 Å². The molecule has 0 saturated heterocycles. The smallest absolute Gasteiger partial charge is 0.242 e. The van der Waals surface area contributed by atoms with Gasteiger partial charge in [-0.3, -0.25) is 13.9 Å². The van der Waals surface area contributed by atoms with Gasteiger partial charge in [0, 0.05) is 30.6 Å². The Hall–Kier alpha value is -2.58. The van der Waals surface area contributed by atoms with Crippen LogP contribution in [-0.2, 0) is 26.2 Å². The number of halogens is 1. The van der Waals surface area contributed by atoms with Gasteiger partial charge in [0.25, 0.3) is 0 Å². The standard InChI is InChI=1S/C25H34ClN3O4S/c1-18(2)27-25(31)20(4)28(17-21-10-8-19(3)9-11-21)24(30)7-6-16-29(34(5,32)33)23-14-12-22(26)13-15-23/h8-15,18,20H,6-7,16-17H2,1-5H3,(H,27,31). The number of aryl methyl sites for hydroxylation is 1. The third-order valence-corrected chi connectivity index (χ3v) is 6.78. The molecule has 0 aromatic heterocycles. The summed E-state index contributed by atoms with van der Waals surface area (Å²) in [6, 6.07) is 13.6. The number of carbonyl (C=O) groups excluding carboxylic acids is 2. The summed E-state index contributed by atoms with van der Waals surface area (Å²) in [5, 5.41) is 3.37. The van der Waals surface area contributed by atoms with Gasteiger partial charge in [-0.25, -0.2) is 8.42 Å². The lowest BCUT2D eigenvalue weighted by molar-refractivity contribution is -0.140. The minimum Gasteiger partial charge on any atom is -0.352 e. The van der Waals surface area contributed by atoms with E-state index in [4.69, 9.17) is 11.6 Å². The second-order valence-corrected chi connectivity index (χ2v) is 11.1. The zero-order valence-corrected chi connectivity index (χ0v) is 22.0. The third-order valence-electron chi connectivity index (χ3n) is 5.34. The quantitative estimate of drug-likeness (QED) is 0.495. The van der Waals surface area contributed by atoms with Gasteiger partial charge in [0.05, 0.1) is 11.9 Å². The molecule has 1 N–H and O–H groups in total. The highest BCUT2D eigenvalue weighted by atomic mass is 35.5. The van der Waals surface area contributed by atoms with E-state index in [1.807, 2.05) is 45.0 Å². The fourth-order valence-electron chi connectivity index (χ4n) is 3.49. The van der Waals surface area contributed by atoms with Gasteiger partial charge >= 0.3 is 0 Å². The number of sulfonamides is 1. The van der Waals surface area contributed by atoms with Crippen molar-refractivity contribution < 1.29 is 18.0 Å². The number of hydrogen-bond acceptors (Lipinski definition) is 4. The number of amides is 2. The van der Waals surface area contributed by atoms with Crippen LogP contribution in [0.5, 0.6) is 0 Å². The van der Waals surface area contributed by atoms with E-state index in [1.54, 1.807) is 36.1 Å². The highest BCUT2D eigenvalue weighted by molar-refractivity contribution is 7.92. The molecule has 2 amide bonds. The number of rotatable bonds is 11. The van der Waals surface area contributed by atoms with Crippen molar-refractivity contribution in [3.8, 4) is 0 Å². The maximum atomic E-state index is 13.2. The first-order chi connectivity index (χ1) is 15.9. The Labute approximate surface area is 208 Å². The Balaban J connectivity index is 2.15. The van der Waals surface area contributed by atoms with Gasteiger partial charge < -0.3 is 10.2 Å². The molecule has 0 radical (unpaired) electrons. The minimum absolute atomic E-state index is 0.0472. The Morgan fingerprint density at radius 1 is 1.00 bits per heavy atom. The Bertz CT molecular complexity index is 1070. The monoisotopic (exact) mass is 507 g/mol. The molecule has 2 aromatic carbocycles. The fourth-order valence-corrected chi connectivity index (χ4v) is 4.58. The van der Waals surface area contributed by atoms with Gasteiger partial charge in [-0.1, -0.05) is 41.4 Å². The van der Waals surface area contributed by atoms with Crippen molar-refractivity contribution in [2.24, 2.45) is 0 Å². The number of carbonyl (C=O) groups is 2. The first kappa shape index (κ1) is 27.7. The molecule has 2 rings (SSSR count). The predicted octanol–water partition coefficient (Wildman–Crippen LogP) is 4.14. The van der Waals surface area contributed by atoms with Gasteiger partial charge in [-0.2, -0.15) is 0 Å². The van der Waals surface area contributed by atoms with Crippen LogP contribution in [0.2, 0.25) is 5.02 Å². The molecule has 0 fully saturated rings. The topological polar surface area (TPSA) is 86.8 Å².